The Bertz CT molecular complexity index is 326. The fraction of sp³-hybridized carbons (Fsp3) is 1.00. The van der Waals surface area contributed by atoms with Gasteiger partial charge in [-0.1, -0.05) is 41.5 Å². The summed E-state index contributed by atoms with van der Waals surface area (Å²) < 4.78 is 6.07. The summed E-state index contributed by atoms with van der Waals surface area (Å²) in [6.45, 7) is 29.2. The fourth-order valence-electron chi connectivity index (χ4n) is 4.42. The first-order valence-electron chi connectivity index (χ1n) is 12.0. The first-order chi connectivity index (χ1) is 13.2. The van der Waals surface area contributed by atoms with Crippen molar-refractivity contribution in [3.05, 3.63) is 0 Å². The Hall–Kier alpha value is 0.0569. The lowest BCUT2D eigenvalue weighted by Crippen LogP contribution is -2.43. The van der Waals surface area contributed by atoms with Crippen molar-refractivity contribution >= 4 is 8.32 Å². The highest BCUT2D eigenvalue weighted by atomic mass is 28.4. The molecule has 0 amide bonds. The van der Waals surface area contributed by atoms with Crippen molar-refractivity contribution in [2.75, 3.05) is 66.0 Å². The normalized spacial score (nSPS) is 13.3. The van der Waals surface area contributed by atoms with Gasteiger partial charge >= 0.3 is 0 Å². The summed E-state index contributed by atoms with van der Waals surface area (Å²) in [6, 6.07) is 1.28. The number of nitrogens with zero attached hydrogens (tertiary/aromatic N) is 3. The van der Waals surface area contributed by atoms with Crippen LogP contribution in [0.1, 0.15) is 60.8 Å². The second-order valence-electron chi connectivity index (χ2n) is 8.97. The van der Waals surface area contributed by atoms with Crippen LogP contribution < -0.4 is 0 Å². The van der Waals surface area contributed by atoms with Gasteiger partial charge in [0.1, 0.15) is 0 Å². The maximum atomic E-state index is 6.07. The van der Waals surface area contributed by atoms with Crippen LogP contribution in [-0.4, -0.2) is 89.0 Å². The zero-order chi connectivity index (χ0) is 21.6. The minimum absolute atomic E-state index is 0.388. The number of hydrogen-bond acceptors (Lipinski definition) is 4. The van der Waals surface area contributed by atoms with Crippen LogP contribution in [-0.2, 0) is 4.43 Å². The van der Waals surface area contributed by atoms with Crippen molar-refractivity contribution in [3.63, 3.8) is 0 Å². The molecular weight excluding hydrogens is 362 g/mol. The molecule has 0 spiro atoms. The molecule has 0 aliphatic heterocycles. The predicted molar refractivity (Wildman–Crippen MR) is 129 cm³/mol. The second kappa shape index (κ2) is 14.9. The van der Waals surface area contributed by atoms with Crippen LogP contribution in [0.4, 0.5) is 0 Å². The number of hydrogen-bond donors (Lipinski definition) is 0. The molecule has 170 valence electrons. The van der Waals surface area contributed by atoms with E-state index < -0.39 is 8.32 Å². The molecule has 4 nitrogen and oxygen atoms in total. The first-order valence-corrected chi connectivity index (χ1v) is 15.1. The summed E-state index contributed by atoms with van der Waals surface area (Å²) >= 11 is 0. The Labute approximate surface area is 179 Å². The van der Waals surface area contributed by atoms with E-state index in [-0.39, 0.29) is 0 Å². The molecular formula is C23H53N3OSi. The summed E-state index contributed by atoms with van der Waals surface area (Å²) in [5, 5.41) is 0. The third kappa shape index (κ3) is 10.7. The highest BCUT2D eigenvalue weighted by Gasteiger charge is 2.38. The molecule has 0 rings (SSSR count). The van der Waals surface area contributed by atoms with Crippen LogP contribution in [0, 0.1) is 5.41 Å². The zero-order valence-corrected chi connectivity index (χ0v) is 21.9. The third-order valence-corrected chi connectivity index (χ3v) is 9.62. The van der Waals surface area contributed by atoms with E-state index in [0.717, 1.165) is 39.3 Å². The molecule has 0 saturated heterocycles. The Morgan fingerprint density at radius 2 is 0.893 bits per heavy atom. The van der Waals surface area contributed by atoms with Crippen LogP contribution in [0.15, 0.2) is 0 Å². The summed E-state index contributed by atoms with van der Waals surface area (Å²) in [5.41, 5.74) is 0.388. The van der Waals surface area contributed by atoms with E-state index >= 15 is 0 Å². The van der Waals surface area contributed by atoms with Crippen molar-refractivity contribution in [3.8, 4) is 0 Å². The summed E-state index contributed by atoms with van der Waals surface area (Å²) in [7, 11) is 0.295. The largest absolute Gasteiger partial charge is 0.420 e. The van der Waals surface area contributed by atoms with E-state index in [1.807, 2.05) is 7.11 Å². The van der Waals surface area contributed by atoms with Gasteiger partial charge in [0.15, 0.2) is 8.32 Å². The third-order valence-electron chi connectivity index (χ3n) is 6.91. The van der Waals surface area contributed by atoms with Crippen molar-refractivity contribution in [1.82, 2.24) is 14.7 Å². The van der Waals surface area contributed by atoms with Crippen molar-refractivity contribution in [2.24, 2.45) is 5.41 Å². The molecule has 0 N–H and O–H groups in total. The van der Waals surface area contributed by atoms with Crippen LogP contribution >= 0.6 is 0 Å². The van der Waals surface area contributed by atoms with Gasteiger partial charge in [0.05, 0.1) is 0 Å². The smallest absolute Gasteiger partial charge is 0.186 e. The van der Waals surface area contributed by atoms with Crippen LogP contribution in [0.5, 0.6) is 0 Å². The molecule has 0 bridgehead atoms. The topological polar surface area (TPSA) is 19.0 Å². The van der Waals surface area contributed by atoms with E-state index in [2.05, 4.69) is 69.3 Å². The van der Waals surface area contributed by atoms with Crippen LogP contribution in [0.25, 0.3) is 0 Å². The molecule has 0 aromatic rings. The monoisotopic (exact) mass is 415 g/mol. The lowest BCUT2D eigenvalue weighted by atomic mass is 9.79. The molecule has 0 heterocycles. The minimum atomic E-state index is -1.65. The van der Waals surface area contributed by atoms with E-state index in [1.54, 1.807) is 0 Å². The van der Waals surface area contributed by atoms with Gasteiger partial charge < -0.3 is 19.1 Å². The Morgan fingerprint density at radius 1 is 0.607 bits per heavy atom. The molecule has 0 unspecified atom stereocenters. The van der Waals surface area contributed by atoms with E-state index in [0.29, 0.717) is 5.41 Å². The summed E-state index contributed by atoms with van der Waals surface area (Å²) in [5.74, 6) is 0. The van der Waals surface area contributed by atoms with Crippen LogP contribution in [0.3, 0.4) is 0 Å². The van der Waals surface area contributed by atoms with E-state index in [1.165, 1.54) is 44.9 Å². The molecule has 5 heteroatoms. The molecule has 0 radical (unpaired) electrons. The molecule has 0 aromatic heterocycles. The standard InChI is InChI=1S/C23H53N3OSi/c1-10-24(11-2)19-16-23(22-28(8,9)27-7,17-20-25(12-3)13-4)18-21-26(14-5)15-6/h10-22H2,1-9H3. The lowest BCUT2D eigenvalue weighted by molar-refractivity contribution is 0.139. The Balaban J connectivity index is 5.57. The maximum Gasteiger partial charge on any atom is 0.186 e. The SMILES string of the molecule is CCN(CC)CCC(CCN(CC)CC)(CCN(CC)CC)C[Si](C)(C)OC. The number of rotatable bonds is 18. The van der Waals surface area contributed by atoms with Crippen molar-refractivity contribution < 1.29 is 4.43 Å². The second-order valence-corrected chi connectivity index (χ2v) is 13.3. The Kier molecular flexibility index (Phi) is 15.0. The average Bonchev–Trinajstić information content (AvgIpc) is 2.70. The van der Waals surface area contributed by atoms with E-state index in [9.17, 15) is 0 Å². The molecule has 0 aliphatic carbocycles. The zero-order valence-electron chi connectivity index (χ0n) is 20.9. The average molecular weight is 416 g/mol. The van der Waals surface area contributed by atoms with E-state index in [4.69, 9.17) is 4.43 Å². The summed E-state index contributed by atoms with van der Waals surface area (Å²) in [6.07, 6.45) is 3.91. The van der Waals surface area contributed by atoms with Gasteiger partial charge in [-0.25, -0.2) is 0 Å². The highest BCUT2D eigenvalue weighted by Crippen LogP contribution is 2.40. The molecule has 0 atom stereocenters. The first kappa shape index (κ1) is 28.1. The van der Waals surface area contributed by atoms with Gasteiger partial charge in [-0.2, -0.15) is 0 Å². The summed E-state index contributed by atoms with van der Waals surface area (Å²) in [4.78, 5) is 7.81. The quantitative estimate of drug-likeness (QED) is 0.293. The maximum absolute atomic E-state index is 6.07. The fourth-order valence-corrected chi connectivity index (χ4v) is 6.90. The van der Waals surface area contributed by atoms with Gasteiger partial charge in [0, 0.05) is 7.11 Å². The Morgan fingerprint density at radius 3 is 1.11 bits per heavy atom. The predicted octanol–water partition coefficient (Wildman–Crippen LogP) is 5.02. The molecule has 28 heavy (non-hydrogen) atoms. The highest BCUT2D eigenvalue weighted by molar-refractivity contribution is 6.71. The van der Waals surface area contributed by atoms with Gasteiger partial charge in [-0.15, -0.1) is 0 Å². The molecule has 0 aliphatic rings. The lowest BCUT2D eigenvalue weighted by Gasteiger charge is -2.42. The molecule has 0 saturated carbocycles. The van der Waals surface area contributed by atoms with Crippen molar-refractivity contribution in [2.45, 2.75) is 79.9 Å². The molecule has 0 aromatic carbocycles. The van der Waals surface area contributed by atoms with Gasteiger partial charge in [0.2, 0.25) is 0 Å². The minimum Gasteiger partial charge on any atom is -0.420 e. The van der Waals surface area contributed by atoms with Crippen LogP contribution in [0.2, 0.25) is 19.1 Å². The molecule has 0 fully saturated rings. The van der Waals surface area contributed by atoms with Gasteiger partial charge in [-0.05, 0) is 103 Å². The van der Waals surface area contributed by atoms with Gasteiger partial charge in [0.25, 0.3) is 0 Å². The van der Waals surface area contributed by atoms with Gasteiger partial charge in [-0.3, -0.25) is 0 Å². The van der Waals surface area contributed by atoms with Crippen molar-refractivity contribution in [1.29, 1.82) is 0 Å².